The maximum atomic E-state index is 10.5. The van der Waals surface area contributed by atoms with Crippen LogP contribution < -0.4 is 0 Å². The molecule has 0 spiro atoms. The minimum absolute atomic E-state index is 0.367. The van der Waals surface area contributed by atoms with Gasteiger partial charge in [0.25, 0.3) is 0 Å². The van der Waals surface area contributed by atoms with Crippen LogP contribution in [0.5, 0.6) is 0 Å². The summed E-state index contributed by atoms with van der Waals surface area (Å²) in [5.41, 5.74) is 0. The van der Waals surface area contributed by atoms with Gasteiger partial charge >= 0.3 is 0 Å². The second-order valence-electron chi connectivity index (χ2n) is 1.54. The van der Waals surface area contributed by atoms with Gasteiger partial charge in [-0.2, -0.15) is 0 Å². The van der Waals surface area contributed by atoms with E-state index in [0.29, 0.717) is 0 Å². The molecular formula is C6H11O4S2-. The van der Waals surface area contributed by atoms with E-state index in [9.17, 15) is 17.2 Å². The lowest BCUT2D eigenvalue weighted by molar-refractivity contribution is 0.537. The summed E-state index contributed by atoms with van der Waals surface area (Å²) in [6, 6.07) is 0. The third-order valence-corrected chi connectivity index (χ3v) is 2.87. The van der Waals surface area contributed by atoms with Gasteiger partial charge in [-0.1, -0.05) is 17.7 Å². The van der Waals surface area contributed by atoms with Crippen molar-refractivity contribution < 1.29 is 17.2 Å². The summed E-state index contributed by atoms with van der Waals surface area (Å²) in [5, 5.41) is 0.750. The number of sulfone groups is 1. The topological polar surface area (TPSA) is 74.3 Å². The molecule has 0 N–H and O–H groups in total. The van der Waals surface area contributed by atoms with Crippen LogP contribution in [0.15, 0.2) is 25.1 Å². The first-order valence-corrected chi connectivity index (χ1v) is 5.85. The van der Waals surface area contributed by atoms with Crippen LogP contribution in [-0.2, 0) is 20.9 Å². The van der Waals surface area contributed by atoms with Gasteiger partial charge in [0.15, 0.2) is 9.84 Å². The van der Waals surface area contributed by atoms with Crippen molar-refractivity contribution in [1.82, 2.24) is 0 Å². The molecule has 6 heteroatoms. The lowest BCUT2D eigenvalue weighted by Crippen LogP contribution is -2.09. The zero-order chi connectivity index (χ0) is 10.2. The fourth-order valence-electron chi connectivity index (χ4n) is 0.268. The van der Waals surface area contributed by atoms with Crippen molar-refractivity contribution >= 4 is 20.9 Å². The highest BCUT2D eigenvalue weighted by Crippen LogP contribution is 1.90. The molecule has 0 saturated heterocycles. The van der Waals surface area contributed by atoms with Gasteiger partial charge in [0.2, 0.25) is 0 Å². The Labute approximate surface area is 75.2 Å². The molecule has 0 heterocycles. The Balaban J connectivity index is 0. The molecule has 1 unspecified atom stereocenters. The van der Waals surface area contributed by atoms with E-state index >= 15 is 0 Å². The molecule has 0 aliphatic carbocycles. The third-order valence-electron chi connectivity index (χ3n) is 0.788. The van der Waals surface area contributed by atoms with Gasteiger partial charge in [0.1, 0.15) is 0 Å². The molecule has 0 saturated carbocycles. The summed E-state index contributed by atoms with van der Waals surface area (Å²) in [5.74, 6) is -0.749. The molecule has 0 aliphatic heterocycles. The van der Waals surface area contributed by atoms with E-state index in [1.54, 1.807) is 0 Å². The molecule has 0 aromatic carbocycles. The smallest absolute Gasteiger partial charge is 0.171 e. The molecule has 0 amide bonds. The Morgan fingerprint density at radius 1 is 1.42 bits per heavy atom. The van der Waals surface area contributed by atoms with Crippen LogP contribution in [0.1, 0.15) is 0 Å². The second kappa shape index (κ2) is 7.20. The summed E-state index contributed by atoms with van der Waals surface area (Å²) < 4.78 is 40.8. The lowest BCUT2D eigenvalue weighted by atomic mass is 11.0. The van der Waals surface area contributed by atoms with Crippen molar-refractivity contribution in [2.24, 2.45) is 0 Å². The van der Waals surface area contributed by atoms with Crippen LogP contribution in [0.3, 0.4) is 0 Å². The molecule has 0 bridgehead atoms. The van der Waals surface area contributed by atoms with Crippen molar-refractivity contribution in [3.05, 3.63) is 25.1 Å². The zero-order valence-corrected chi connectivity index (χ0v) is 8.20. The lowest BCUT2D eigenvalue weighted by Gasteiger charge is -2.01. The molecule has 0 fully saturated rings. The molecule has 0 aromatic rings. The summed E-state index contributed by atoms with van der Waals surface area (Å²) in [6.45, 7) is 9.02. The Morgan fingerprint density at radius 3 is 2.08 bits per heavy atom. The Hall–Kier alpha value is -0.460. The fraction of sp³-hybridized carbons (Fsp3) is 0.333. The molecule has 0 radical (unpaired) electrons. The van der Waals surface area contributed by atoms with E-state index in [1.807, 2.05) is 0 Å². The van der Waals surface area contributed by atoms with Crippen LogP contribution in [0.25, 0.3) is 0 Å². The molecule has 1 atom stereocenters. The van der Waals surface area contributed by atoms with Gasteiger partial charge in [-0.25, -0.2) is 8.42 Å². The van der Waals surface area contributed by atoms with Gasteiger partial charge in [0.05, 0.1) is 5.75 Å². The summed E-state index contributed by atoms with van der Waals surface area (Å²) in [4.78, 5) is 0. The first kappa shape index (κ1) is 14.1. The van der Waals surface area contributed by atoms with Crippen molar-refractivity contribution in [3.8, 4) is 0 Å². The van der Waals surface area contributed by atoms with E-state index in [4.69, 9.17) is 0 Å². The van der Waals surface area contributed by atoms with Crippen LogP contribution in [0, 0.1) is 0 Å². The summed E-state index contributed by atoms with van der Waals surface area (Å²) in [7, 11) is -3.34. The Bertz CT molecular complexity index is 242. The first-order valence-electron chi connectivity index (χ1n) is 2.89. The average Bonchev–Trinajstić information content (AvgIpc) is 2.05. The van der Waals surface area contributed by atoms with E-state index < -0.39 is 20.9 Å². The highest BCUT2D eigenvalue weighted by atomic mass is 32.2. The van der Waals surface area contributed by atoms with Gasteiger partial charge in [0, 0.05) is 11.2 Å². The minimum atomic E-state index is -3.34. The van der Waals surface area contributed by atoms with E-state index in [1.165, 1.54) is 0 Å². The van der Waals surface area contributed by atoms with Crippen molar-refractivity contribution in [2.45, 2.75) is 0 Å². The van der Waals surface area contributed by atoms with E-state index in [0.717, 1.165) is 5.41 Å². The molecule has 12 heavy (non-hydrogen) atoms. The SMILES string of the molecule is C=C.C=CS(=O)(=O)CCS(=O)[O-]. The standard InChI is InChI=1S/C4H8O4S2.C2H4/c1-2-10(7,8)4-3-9(5)6;1-2/h2H,1,3-4H2,(H,5,6);1-2H2/p-1. The monoisotopic (exact) mass is 211 g/mol. The van der Waals surface area contributed by atoms with Crippen molar-refractivity contribution in [3.63, 3.8) is 0 Å². The number of hydrogen-bond acceptors (Lipinski definition) is 4. The Morgan fingerprint density at radius 2 is 1.83 bits per heavy atom. The fourth-order valence-corrected chi connectivity index (χ4v) is 1.91. The van der Waals surface area contributed by atoms with Gasteiger partial charge < -0.3 is 4.55 Å². The van der Waals surface area contributed by atoms with Gasteiger partial charge in [-0.15, -0.1) is 13.2 Å². The third kappa shape index (κ3) is 9.54. The Kier molecular flexibility index (Phi) is 8.46. The molecule has 0 aliphatic rings. The maximum absolute atomic E-state index is 10.5. The minimum Gasteiger partial charge on any atom is -0.772 e. The molecule has 4 nitrogen and oxygen atoms in total. The van der Waals surface area contributed by atoms with Crippen LogP contribution in [0.2, 0.25) is 0 Å². The van der Waals surface area contributed by atoms with E-state index in [-0.39, 0.29) is 11.5 Å². The largest absolute Gasteiger partial charge is 0.772 e. The first-order chi connectivity index (χ1) is 5.48. The highest BCUT2D eigenvalue weighted by Gasteiger charge is 2.02. The van der Waals surface area contributed by atoms with Crippen LogP contribution in [0.4, 0.5) is 0 Å². The summed E-state index contributed by atoms with van der Waals surface area (Å²) in [6.07, 6.45) is 0. The number of hydrogen-bond donors (Lipinski definition) is 0. The second-order valence-corrected chi connectivity index (χ2v) is 4.62. The predicted octanol–water partition coefficient (Wildman–Crippen LogP) is 0.226. The molecular weight excluding hydrogens is 200 g/mol. The maximum Gasteiger partial charge on any atom is 0.171 e. The quantitative estimate of drug-likeness (QED) is 0.492. The summed E-state index contributed by atoms with van der Waals surface area (Å²) >= 11 is -2.29. The molecule has 0 rings (SSSR count). The van der Waals surface area contributed by atoms with Crippen molar-refractivity contribution in [2.75, 3.05) is 11.5 Å². The predicted molar refractivity (Wildman–Crippen MR) is 49.0 cm³/mol. The van der Waals surface area contributed by atoms with Gasteiger partial charge in [-0.3, -0.25) is 4.21 Å². The van der Waals surface area contributed by atoms with Gasteiger partial charge in [-0.05, 0) is 0 Å². The zero-order valence-electron chi connectivity index (χ0n) is 6.56. The molecule has 0 aromatic heterocycles. The average molecular weight is 211 g/mol. The van der Waals surface area contributed by atoms with Crippen LogP contribution >= 0.6 is 0 Å². The molecule has 72 valence electrons. The normalized spacial score (nSPS) is 12.4. The van der Waals surface area contributed by atoms with E-state index in [2.05, 4.69) is 19.7 Å². The van der Waals surface area contributed by atoms with Crippen molar-refractivity contribution in [1.29, 1.82) is 0 Å². The number of rotatable bonds is 4. The highest BCUT2D eigenvalue weighted by molar-refractivity contribution is 7.95. The van der Waals surface area contributed by atoms with Crippen LogP contribution in [-0.4, -0.2) is 28.7 Å².